The van der Waals surface area contributed by atoms with Gasteiger partial charge >= 0.3 is 0 Å². The van der Waals surface area contributed by atoms with Crippen molar-refractivity contribution >= 4 is 33.4 Å². The van der Waals surface area contributed by atoms with Crippen molar-refractivity contribution in [3.63, 3.8) is 0 Å². The Balaban J connectivity index is 2.09. The minimum absolute atomic E-state index is 0.295. The summed E-state index contributed by atoms with van der Waals surface area (Å²) in [6.45, 7) is 0. The van der Waals surface area contributed by atoms with Crippen LogP contribution in [0.5, 0.6) is 5.75 Å². The Labute approximate surface area is 140 Å². The average molecular weight is 347 g/mol. The Bertz CT molecular complexity index is 849. The van der Waals surface area contributed by atoms with Crippen LogP contribution in [0.4, 0.5) is 11.4 Å². The molecule has 0 radical (unpaired) electrons. The number of carbonyl (C=O) groups excluding carboxylic acids is 1. The van der Waals surface area contributed by atoms with Crippen LogP contribution in [0.25, 0.3) is 6.08 Å². The van der Waals surface area contributed by atoms with Gasteiger partial charge in [-0.05, 0) is 29.8 Å². The second-order valence-electron chi connectivity index (χ2n) is 4.90. The van der Waals surface area contributed by atoms with Gasteiger partial charge in [-0.2, -0.15) is 0 Å². The van der Waals surface area contributed by atoms with E-state index in [0.717, 1.165) is 11.8 Å². The van der Waals surface area contributed by atoms with Crippen molar-refractivity contribution in [2.24, 2.45) is 0 Å². The molecule has 7 nitrogen and oxygen atoms in total. The second-order valence-corrected chi connectivity index (χ2v) is 6.65. The molecule has 0 aliphatic carbocycles. The quantitative estimate of drug-likeness (QED) is 0.780. The molecule has 0 atom stereocenters. The first-order chi connectivity index (χ1) is 11.4. The molecule has 0 saturated carbocycles. The van der Waals surface area contributed by atoms with E-state index in [-0.39, 0.29) is 5.91 Å². The molecule has 0 bridgehead atoms. The average Bonchev–Trinajstić information content (AvgIpc) is 2.54. The van der Waals surface area contributed by atoms with Crippen LogP contribution < -0.4 is 14.8 Å². The predicted octanol–water partition coefficient (Wildman–Crippen LogP) is 2.11. The fourth-order valence-corrected chi connectivity index (χ4v) is 2.45. The number of anilines is 2. The first kappa shape index (κ1) is 17.5. The molecule has 24 heavy (non-hydrogen) atoms. The lowest BCUT2D eigenvalue weighted by atomic mass is 10.2. The molecule has 0 spiro atoms. The van der Waals surface area contributed by atoms with Gasteiger partial charge in [-0.25, -0.2) is 8.42 Å². The highest BCUT2D eigenvalue weighted by Crippen LogP contribution is 2.28. The molecule has 1 heterocycles. The van der Waals surface area contributed by atoms with Gasteiger partial charge in [0.25, 0.3) is 0 Å². The van der Waals surface area contributed by atoms with Crippen LogP contribution in [0.1, 0.15) is 5.56 Å². The molecule has 2 rings (SSSR count). The third-order valence-electron chi connectivity index (χ3n) is 2.88. The summed E-state index contributed by atoms with van der Waals surface area (Å²) in [5.41, 5.74) is 1.58. The number of sulfonamides is 1. The van der Waals surface area contributed by atoms with E-state index in [0.29, 0.717) is 17.1 Å². The number of pyridine rings is 1. The summed E-state index contributed by atoms with van der Waals surface area (Å²) in [6.07, 6.45) is 7.35. The smallest absolute Gasteiger partial charge is 0.248 e. The third-order valence-corrected chi connectivity index (χ3v) is 3.47. The van der Waals surface area contributed by atoms with Gasteiger partial charge in [0.1, 0.15) is 5.75 Å². The van der Waals surface area contributed by atoms with Crippen LogP contribution >= 0.6 is 0 Å². The van der Waals surface area contributed by atoms with Crippen molar-refractivity contribution in [3.05, 3.63) is 54.4 Å². The van der Waals surface area contributed by atoms with Crippen molar-refractivity contribution < 1.29 is 17.9 Å². The fourth-order valence-electron chi connectivity index (χ4n) is 1.88. The van der Waals surface area contributed by atoms with Crippen molar-refractivity contribution in [3.8, 4) is 5.75 Å². The SMILES string of the molecule is COc1cc(NC(=O)C=Cc2cccnc2)ccc1NS(C)(=O)=O. The number of nitrogens with zero attached hydrogens (tertiary/aromatic N) is 1. The standard InChI is InChI=1S/C16H17N3O4S/c1-23-15-10-13(6-7-14(15)19-24(2,21)22)18-16(20)8-5-12-4-3-9-17-11-12/h3-11,19H,1-2H3,(H,18,20). The van der Waals surface area contributed by atoms with E-state index in [4.69, 9.17) is 4.74 Å². The maximum Gasteiger partial charge on any atom is 0.248 e. The van der Waals surface area contributed by atoms with Crippen LogP contribution in [-0.2, 0) is 14.8 Å². The summed E-state index contributed by atoms with van der Waals surface area (Å²) in [6, 6.07) is 8.22. The van der Waals surface area contributed by atoms with E-state index in [1.54, 1.807) is 30.6 Å². The number of rotatable bonds is 6. The molecule has 1 aromatic heterocycles. The van der Waals surface area contributed by atoms with Gasteiger partial charge in [-0.15, -0.1) is 0 Å². The highest BCUT2D eigenvalue weighted by atomic mass is 32.2. The molecule has 0 unspecified atom stereocenters. The van der Waals surface area contributed by atoms with E-state index < -0.39 is 10.0 Å². The van der Waals surface area contributed by atoms with E-state index in [1.807, 2.05) is 6.07 Å². The molecule has 126 valence electrons. The molecule has 8 heteroatoms. The summed E-state index contributed by atoms with van der Waals surface area (Å²) < 4.78 is 30.1. The van der Waals surface area contributed by atoms with Crippen molar-refractivity contribution in [2.75, 3.05) is 23.4 Å². The number of nitrogens with one attached hydrogen (secondary N) is 2. The van der Waals surface area contributed by atoms with Gasteiger partial charge in [-0.3, -0.25) is 14.5 Å². The molecule has 0 saturated heterocycles. The van der Waals surface area contributed by atoms with Crippen LogP contribution in [0.2, 0.25) is 0 Å². The molecular weight excluding hydrogens is 330 g/mol. The molecule has 1 aromatic carbocycles. The van der Waals surface area contributed by atoms with Gasteiger partial charge < -0.3 is 10.1 Å². The van der Waals surface area contributed by atoms with Crippen LogP contribution in [-0.4, -0.2) is 32.7 Å². The van der Waals surface area contributed by atoms with E-state index in [2.05, 4.69) is 15.0 Å². The van der Waals surface area contributed by atoms with E-state index in [9.17, 15) is 13.2 Å². The summed E-state index contributed by atoms with van der Waals surface area (Å²) in [7, 11) is -2.01. The zero-order valence-electron chi connectivity index (χ0n) is 13.2. The zero-order valence-corrected chi connectivity index (χ0v) is 14.0. The fraction of sp³-hybridized carbons (Fsp3) is 0.125. The second kappa shape index (κ2) is 7.60. The minimum Gasteiger partial charge on any atom is -0.494 e. The van der Waals surface area contributed by atoms with Crippen molar-refractivity contribution in [2.45, 2.75) is 0 Å². The number of amides is 1. The van der Waals surface area contributed by atoms with Crippen LogP contribution in [0, 0.1) is 0 Å². The first-order valence-corrected chi connectivity index (χ1v) is 8.81. The summed E-state index contributed by atoms with van der Waals surface area (Å²) >= 11 is 0. The summed E-state index contributed by atoms with van der Waals surface area (Å²) in [5, 5.41) is 2.67. The molecular formula is C16H17N3O4S. The lowest BCUT2D eigenvalue weighted by Crippen LogP contribution is -2.11. The number of hydrogen-bond acceptors (Lipinski definition) is 5. The lowest BCUT2D eigenvalue weighted by Gasteiger charge is -2.11. The van der Waals surface area contributed by atoms with Gasteiger partial charge in [0.05, 0.1) is 19.1 Å². The van der Waals surface area contributed by atoms with Crippen molar-refractivity contribution in [1.82, 2.24) is 4.98 Å². The number of carbonyl (C=O) groups is 1. The Morgan fingerprint density at radius 3 is 2.71 bits per heavy atom. The van der Waals surface area contributed by atoms with Crippen molar-refractivity contribution in [1.29, 1.82) is 0 Å². The largest absolute Gasteiger partial charge is 0.494 e. The van der Waals surface area contributed by atoms with Gasteiger partial charge in [-0.1, -0.05) is 6.07 Å². The Kier molecular flexibility index (Phi) is 5.54. The number of hydrogen-bond donors (Lipinski definition) is 2. The molecule has 0 aliphatic heterocycles. The predicted molar refractivity (Wildman–Crippen MR) is 93.4 cm³/mol. The lowest BCUT2D eigenvalue weighted by molar-refractivity contribution is -0.111. The highest BCUT2D eigenvalue weighted by molar-refractivity contribution is 7.92. The highest BCUT2D eigenvalue weighted by Gasteiger charge is 2.09. The molecule has 2 aromatic rings. The van der Waals surface area contributed by atoms with Crippen LogP contribution in [0.3, 0.4) is 0 Å². The number of methoxy groups -OCH3 is 1. The molecule has 1 amide bonds. The molecule has 0 fully saturated rings. The molecule has 2 N–H and O–H groups in total. The maximum atomic E-state index is 11.9. The number of ether oxygens (including phenoxy) is 1. The zero-order chi connectivity index (χ0) is 17.6. The Hall–Kier alpha value is -2.87. The monoisotopic (exact) mass is 347 g/mol. The van der Waals surface area contributed by atoms with E-state index >= 15 is 0 Å². The summed E-state index contributed by atoms with van der Waals surface area (Å²) in [5.74, 6) is -0.0285. The van der Waals surface area contributed by atoms with Gasteiger partial charge in [0.2, 0.25) is 15.9 Å². The normalized spacial score (nSPS) is 11.2. The van der Waals surface area contributed by atoms with Crippen LogP contribution in [0.15, 0.2) is 48.8 Å². The summed E-state index contributed by atoms with van der Waals surface area (Å²) in [4.78, 5) is 15.9. The van der Waals surface area contributed by atoms with Gasteiger partial charge in [0.15, 0.2) is 0 Å². The number of benzene rings is 1. The topological polar surface area (TPSA) is 97.4 Å². The maximum absolute atomic E-state index is 11.9. The van der Waals surface area contributed by atoms with Gasteiger partial charge in [0, 0.05) is 30.2 Å². The number of aromatic nitrogens is 1. The van der Waals surface area contributed by atoms with E-state index in [1.165, 1.54) is 25.3 Å². The minimum atomic E-state index is -3.42. The third kappa shape index (κ3) is 5.40. The Morgan fingerprint density at radius 2 is 2.08 bits per heavy atom. The Morgan fingerprint density at radius 1 is 1.29 bits per heavy atom. The molecule has 0 aliphatic rings. The first-order valence-electron chi connectivity index (χ1n) is 6.92.